The Morgan fingerprint density at radius 3 is 2.32 bits per heavy atom. The molecule has 1 N–H and O–H groups in total. The van der Waals surface area contributed by atoms with E-state index in [1.165, 1.54) is 0 Å². The summed E-state index contributed by atoms with van der Waals surface area (Å²) in [5.74, 6) is 0.782. The first-order chi connectivity index (χ1) is 10.5. The van der Waals surface area contributed by atoms with Crippen LogP contribution in [0.1, 0.15) is 49.7 Å². The number of aromatic nitrogens is 2. The van der Waals surface area contributed by atoms with E-state index >= 15 is 0 Å². The van der Waals surface area contributed by atoms with Gasteiger partial charge in [0, 0.05) is 18.3 Å². The molecule has 1 atom stereocenters. The van der Waals surface area contributed by atoms with Crippen LogP contribution in [-0.2, 0) is 4.74 Å². The minimum Gasteiger partial charge on any atom is -0.497 e. The first-order valence-corrected chi connectivity index (χ1v) is 7.56. The van der Waals surface area contributed by atoms with Crippen LogP contribution in [0.4, 0.5) is 0 Å². The molecule has 0 fully saturated rings. The van der Waals surface area contributed by atoms with Crippen LogP contribution in [0, 0.1) is 6.92 Å². The molecule has 2 rings (SSSR count). The third kappa shape index (κ3) is 3.09. The molecule has 0 spiro atoms. The number of benzene rings is 1. The molecule has 1 aromatic heterocycles. The molecule has 0 aliphatic carbocycles. The van der Waals surface area contributed by atoms with Gasteiger partial charge in [0.25, 0.3) is 5.56 Å². The molecular formula is C17H24N2O3. The second-order valence-electron chi connectivity index (χ2n) is 5.51. The topological polar surface area (TPSA) is 56.2 Å². The van der Waals surface area contributed by atoms with Crippen molar-refractivity contribution in [3.63, 3.8) is 0 Å². The van der Waals surface area contributed by atoms with Crippen LogP contribution in [0.3, 0.4) is 0 Å². The molecule has 0 amide bonds. The zero-order valence-corrected chi connectivity index (χ0v) is 13.8. The van der Waals surface area contributed by atoms with E-state index in [-0.39, 0.29) is 17.7 Å². The number of hydrogen-bond donors (Lipinski definition) is 1. The normalized spacial score (nSPS) is 12.6. The average Bonchev–Trinajstić information content (AvgIpc) is 2.80. The standard InChI is InChI=1S/C17H24N2O3/c1-6-22-16(13-7-9-14(21-5)10-8-13)15-12(4)19(11(2)3)18-17(15)20/h7-11,16H,6H2,1-5H3,(H,18,20). The van der Waals surface area contributed by atoms with Crippen molar-refractivity contribution in [1.82, 2.24) is 9.78 Å². The van der Waals surface area contributed by atoms with E-state index < -0.39 is 0 Å². The SMILES string of the molecule is CCOC(c1ccc(OC)cc1)c1c(C)n(C(C)C)[nH]c1=O. The van der Waals surface area contributed by atoms with Gasteiger partial charge in [0.2, 0.25) is 0 Å². The Bertz CT molecular complexity index is 668. The number of aromatic amines is 1. The van der Waals surface area contributed by atoms with Crippen molar-refractivity contribution >= 4 is 0 Å². The van der Waals surface area contributed by atoms with Crippen LogP contribution in [-0.4, -0.2) is 23.5 Å². The summed E-state index contributed by atoms with van der Waals surface area (Å²) in [5.41, 5.74) is 2.42. The van der Waals surface area contributed by atoms with Crippen molar-refractivity contribution in [1.29, 1.82) is 0 Å². The molecule has 0 aliphatic heterocycles. The Balaban J connectivity index is 2.50. The lowest BCUT2D eigenvalue weighted by Crippen LogP contribution is -2.16. The average molecular weight is 304 g/mol. The van der Waals surface area contributed by atoms with Gasteiger partial charge in [0.1, 0.15) is 11.9 Å². The maximum absolute atomic E-state index is 12.4. The Morgan fingerprint density at radius 1 is 1.23 bits per heavy atom. The van der Waals surface area contributed by atoms with Gasteiger partial charge in [-0.3, -0.25) is 14.6 Å². The lowest BCUT2D eigenvalue weighted by atomic mass is 10.0. The summed E-state index contributed by atoms with van der Waals surface area (Å²) >= 11 is 0. The third-order valence-corrected chi connectivity index (χ3v) is 3.75. The highest BCUT2D eigenvalue weighted by atomic mass is 16.5. The summed E-state index contributed by atoms with van der Waals surface area (Å²) in [6.07, 6.45) is -0.375. The molecule has 22 heavy (non-hydrogen) atoms. The fraction of sp³-hybridized carbons (Fsp3) is 0.471. The second kappa shape index (κ2) is 6.83. The number of methoxy groups -OCH3 is 1. The van der Waals surface area contributed by atoms with Crippen molar-refractivity contribution < 1.29 is 9.47 Å². The first kappa shape index (κ1) is 16.4. The smallest absolute Gasteiger partial charge is 0.270 e. The van der Waals surface area contributed by atoms with Gasteiger partial charge in [-0.15, -0.1) is 0 Å². The summed E-state index contributed by atoms with van der Waals surface area (Å²) in [6, 6.07) is 7.82. The van der Waals surface area contributed by atoms with Gasteiger partial charge in [-0.05, 0) is 45.4 Å². The predicted molar refractivity (Wildman–Crippen MR) is 86.6 cm³/mol. The zero-order valence-electron chi connectivity index (χ0n) is 13.8. The molecule has 1 heterocycles. The summed E-state index contributed by atoms with van der Waals surface area (Å²) in [7, 11) is 1.63. The minimum absolute atomic E-state index is 0.0968. The zero-order chi connectivity index (χ0) is 16.3. The monoisotopic (exact) mass is 304 g/mol. The lowest BCUT2D eigenvalue weighted by molar-refractivity contribution is 0.0901. The molecule has 1 aromatic carbocycles. The fourth-order valence-electron chi connectivity index (χ4n) is 2.66. The van der Waals surface area contributed by atoms with Gasteiger partial charge < -0.3 is 9.47 Å². The van der Waals surface area contributed by atoms with Crippen LogP contribution >= 0.6 is 0 Å². The largest absolute Gasteiger partial charge is 0.497 e. The van der Waals surface area contributed by atoms with Crippen molar-refractivity contribution in [2.45, 2.75) is 39.8 Å². The predicted octanol–water partition coefficient (Wildman–Crippen LogP) is 3.20. The fourth-order valence-corrected chi connectivity index (χ4v) is 2.66. The molecular weight excluding hydrogens is 280 g/mol. The van der Waals surface area contributed by atoms with Crippen molar-refractivity contribution in [3.8, 4) is 5.75 Å². The number of H-pyrrole nitrogens is 1. The van der Waals surface area contributed by atoms with Crippen LogP contribution < -0.4 is 10.3 Å². The maximum atomic E-state index is 12.4. The summed E-state index contributed by atoms with van der Waals surface area (Å²) in [4.78, 5) is 12.4. The number of hydrogen-bond acceptors (Lipinski definition) is 3. The van der Waals surface area contributed by atoms with Crippen molar-refractivity contribution in [3.05, 3.63) is 51.4 Å². The summed E-state index contributed by atoms with van der Waals surface area (Å²) in [5, 5.41) is 2.90. The molecule has 1 unspecified atom stereocenters. The highest BCUT2D eigenvalue weighted by Crippen LogP contribution is 2.28. The number of nitrogens with zero attached hydrogens (tertiary/aromatic N) is 1. The van der Waals surface area contributed by atoms with Gasteiger partial charge in [0.15, 0.2) is 0 Å². The maximum Gasteiger partial charge on any atom is 0.270 e. The van der Waals surface area contributed by atoms with Gasteiger partial charge in [-0.25, -0.2) is 0 Å². The van der Waals surface area contributed by atoms with Gasteiger partial charge in [-0.1, -0.05) is 12.1 Å². The second-order valence-corrected chi connectivity index (χ2v) is 5.51. The van der Waals surface area contributed by atoms with Crippen LogP contribution in [0.15, 0.2) is 29.1 Å². The van der Waals surface area contributed by atoms with E-state index in [2.05, 4.69) is 5.10 Å². The third-order valence-electron chi connectivity index (χ3n) is 3.75. The molecule has 5 nitrogen and oxygen atoms in total. The Kier molecular flexibility index (Phi) is 5.08. The molecule has 2 aromatic rings. The minimum atomic E-state index is -0.375. The molecule has 0 saturated carbocycles. The van der Waals surface area contributed by atoms with Crippen LogP contribution in [0.5, 0.6) is 5.75 Å². The van der Waals surface area contributed by atoms with Gasteiger partial charge in [-0.2, -0.15) is 0 Å². The highest BCUT2D eigenvalue weighted by Gasteiger charge is 2.24. The Labute approximate surface area is 130 Å². The van der Waals surface area contributed by atoms with Crippen molar-refractivity contribution in [2.75, 3.05) is 13.7 Å². The molecule has 0 radical (unpaired) electrons. The summed E-state index contributed by atoms with van der Waals surface area (Å²) < 4.78 is 12.9. The molecule has 0 aliphatic rings. The quantitative estimate of drug-likeness (QED) is 0.891. The van der Waals surface area contributed by atoms with E-state index in [0.29, 0.717) is 12.2 Å². The summed E-state index contributed by atoms with van der Waals surface area (Å²) in [6.45, 7) is 8.48. The van der Waals surface area contributed by atoms with E-state index in [1.807, 2.05) is 56.6 Å². The highest BCUT2D eigenvalue weighted by molar-refractivity contribution is 5.35. The van der Waals surface area contributed by atoms with E-state index in [9.17, 15) is 4.79 Å². The van der Waals surface area contributed by atoms with Gasteiger partial charge >= 0.3 is 0 Å². The number of rotatable bonds is 6. The Hall–Kier alpha value is -2.01. The lowest BCUT2D eigenvalue weighted by Gasteiger charge is -2.18. The van der Waals surface area contributed by atoms with E-state index in [4.69, 9.17) is 9.47 Å². The van der Waals surface area contributed by atoms with E-state index in [1.54, 1.807) is 7.11 Å². The molecule has 0 bridgehead atoms. The van der Waals surface area contributed by atoms with Gasteiger partial charge in [0.05, 0.1) is 12.7 Å². The molecule has 0 saturated heterocycles. The van der Waals surface area contributed by atoms with Crippen molar-refractivity contribution in [2.24, 2.45) is 0 Å². The Morgan fingerprint density at radius 2 is 1.86 bits per heavy atom. The van der Waals surface area contributed by atoms with E-state index in [0.717, 1.165) is 17.0 Å². The molecule has 120 valence electrons. The van der Waals surface area contributed by atoms with Crippen LogP contribution in [0.25, 0.3) is 0 Å². The number of ether oxygens (including phenoxy) is 2. The van der Waals surface area contributed by atoms with Crippen LogP contribution in [0.2, 0.25) is 0 Å². The number of nitrogens with one attached hydrogen (secondary N) is 1. The molecule has 5 heteroatoms. The first-order valence-electron chi connectivity index (χ1n) is 7.56.